The lowest BCUT2D eigenvalue weighted by atomic mass is 9.99. The van der Waals surface area contributed by atoms with Gasteiger partial charge in [0.05, 0.1) is 22.2 Å². The number of para-hydroxylation sites is 3. The van der Waals surface area contributed by atoms with E-state index in [9.17, 15) is 0 Å². The van der Waals surface area contributed by atoms with E-state index in [4.69, 9.17) is 9.97 Å². The number of nitrogens with zero attached hydrogens (tertiary/aromatic N) is 3. The molecule has 52 heavy (non-hydrogen) atoms. The third kappa shape index (κ3) is 4.45. The maximum Gasteiger partial charge on any atom is 0.161 e. The second-order valence-corrected chi connectivity index (χ2v) is 14.4. The number of thiophene rings is 1. The summed E-state index contributed by atoms with van der Waals surface area (Å²) in [5.41, 5.74) is 9.97. The van der Waals surface area contributed by atoms with Gasteiger partial charge in [-0.1, -0.05) is 140 Å². The first-order chi connectivity index (χ1) is 25.8. The number of benzene rings is 8. The molecule has 8 aromatic carbocycles. The van der Waals surface area contributed by atoms with Crippen molar-refractivity contribution in [2.45, 2.75) is 0 Å². The van der Waals surface area contributed by atoms with Gasteiger partial charge >= 0.3 is 0 Å². The van der Waals surface area contributed by atoms with E-state index in [2.05, 4.69) is 180 Å². The summed E-state index contributed by atoms with van der Waals surface area (Å²) in [5.74, 6) is 0.741. The number of hydrogen-bond acceptors (Lipinski definition) is 3. The van der Waals surface area contributed by atoms with Crippen molar-refractivity contribution in [3.63, 3.8) is 0 Å². The molecule has 3 heterocycles. The van der Waals surface area contributed by atoms with E-state index in [1.54, 1.807) is 0 Å². The minimum absolute atomic E-state index is 0.741. The van der Waals surface area contributed by atoms with Gasteiger partial charge in [0.1, 0.15) is 0 Å². The Morgan fingerprint density at radius 2 is 1.06 bits per heavy atom. The van der Waals surface area contributed by atoms with Crippen LogP contribution in [-0.4, -0.2) is 14.5 Å². The monoisotopic (exact) mass is 679 g/mol. The van der Waals surface area contributed by atoms with Gasteiger partial charge in [-0.15, -0.1) is 11.3 Å². The van der Waals surface area contributed by atoms with Crippen molar-refractivity contribution in [2.75, 3.05) is 0 Å². The molecule has 0 atom stereocenters. The quantitative estimate of drug-likeness (QED) is 0.185. The lowest BCUT2D eigenvalue weighted by molar-refractivity contribution is 1.19. The van der Waals surface area contributed by atoms with Crippen LogP contribution in [0.25, 0.3) is 103 Å². The van der Waals surface area contributed by atoms with Gasteiger partial charge in [0, 0.05) is 53.1 Å². The molecule has 0 aliphatic rings. The molecule has 0 radical (unpaired) electrons. The Hall–Kier alpha value is -6.62. The van der Waals surface area contributed by atoms with E-state index in [0.29, 0.717) is 0 Å². The number of rotatable bonds is 4. The van der Waals surface area contributed by atoms with E-state index in [1.807, 2.05) is 11.3 Å². The van der Waals surface area contributed by atoms with Crippen molar-refractivity contribution in [1.82, 2.24) is 14.5 Å². The molecule has 4 heteroatoms. The van der Waals surface area contributed by atoms with Crippen LogP contribution < -0.4 is 0 Å². The molecular formula is C48H29N3S. The zero-order chi connectivity index (χ0) is 34.2. The van der Waals surface area contributed by atoms with Crippen molar-refractivity contribution in [3.8, 4) is 39.5 Å². The first-order valence-corrected chi connectivity index (χ1v) is 18.4. The van der Waals surface area contributed by atoms with Crippen LogP contribution in [0.15, 0.2) is 176 Å². The van der Waals surface area contributed by atoms with Gasteiger partial charge in [0.15, 0.2) is 5.82 Å². The van der Waals surface area contributed by atoms with Gasteiger partial charge in [-0.3, -0.25) is 0 Å². The fraction of sp³-hybridized carbons (Fsp3) is 0. The zero-order valence-corrected chi connectivity index (χ0v) is 28.8. The van der Waals surface area contributed by atoms with E-state index in [0.717, 1.165) is 39.2 Å². The molecule has 0 saturated carbocycles. The Kier molecular flexibility index (Phi) is 6.42. The molecule has 0 aliphatic carbocycles. The Balaban J connectivity index is 1.14. The molecule has 0 unspecified atom stereocenters. The Labute approximate surface area is 303 Å². The fourth-order valence-electron chi connectivity index (χ4n) is 7.99. The van der Waals surface area contributed by atoms with Crippen molar-refractivity contribution in [1.29, 1.82) is 0 Å². The van der Waals surface area contributed by atoms with Gasteiger partial charge in [0.25, 0.3) is 0 Å². The van der Waals surface area contributed by atoms with Crippen LogP contribution >= 0.6 is 11.3 Å². The van der Waals surface area contributed by atoms with Crippen LogP contribution in [0.5, 0.6) is 0 Å². The first-order valence-electron chi connectivity index (χ1n) is 17.6. The second kappa shape index (κ2) is 11.5. The summed E-state index contributed by atoms with van der Waals surface area (Å²) in [6.45, 7) is 0. The highest BCUT2D eigenvalue weighted by Gasteiger charge is 2.20. The molecular weight excluding hydrogens is 651 g/mol. The molecule has 11 aromatic rings. The Bertz CT molecular complexity index is 3120. The van der Waals surface area contributed by atoms with Gasteiger partial charge in [-0.05, 0) is 58.3 Å². The van der Waals surface area contributed by atoms with E-state index >= 15 is 0 Å². The van der Waals surface area contributed by atoms with Gasteiger partial charge in [-0.25, -0.2) is 9.97 Å². The average molecular weight is 680 g/mol. The standard InChI is InChI=1S/C48H29N3S/c1-2-12-30(13-3-1)31-22-24-32(25-23-31)46-38-18-6-9-19-41(38)49-48(50-46)40-28-33-14-4-5-15-35(33)45-39-27-26-34(29-44(39)52-47(40)45)51-42-20-10-7-16-36(42)37-17-8-11-21-43(37)51/h1-29H. The van der Waals surface area contributed by atoms with Crippen molar-refractivity contribution in [3.05, 3.63) is 176 Å². The Morgan fingerprint density at radius 1 is 0.442 bits per heavy atom. The van der Waals surface area contributed by atoms with Crippen LogP contribution in [0.2, 0.25) is 0 Å². The first kappa shape index (κ1) is 29.1. The maximum atomic E-state index is 5.39. The highest BCUT2D eigenvalue weighted by Crippen LogP contribution is 2.45. The molecule has 242 valence electrons. The summed E-state index contributed by atoms with van der Waals surface area (Å²) in [7, 11) is 0. The molecule has 0 bridgehead atoms. The molecule has 0 spiro atoms. The summed E-state index contributed by atoms with van der Waals surface area (Å²) in [6, 6.07) is 63.0. The van der Waals surface area contributed by atoms with E-state index in [1.165, 1.54) is 63.9 Å². The predicted molar refractivity (Wildman–Crippen MR) is 221 cm³/mol. The summed E-state index contributed by atoms with van der Waals surface area (Å²) in [4.78, 5) is 10.6. The predicted octanol–water partition coefficient (Wildman–Crippen LogP) is 13.2. The number of aromatic nitrogens is 3. The molecule has 0 amide bonds. The van der Waals surface area contributed by atoms with Crippen LogP contribution in [0.1, 0.15) is 0 Å². The summed E-state index contributed by atoms with van der Waals surface area (Å²) in [5, 5.41) is 8.51. The van der Waals surface area contributed by atoms with Gasteiger partial charge in [-0.2, -0.15) is 0 Å². The van der Waals surface area contributed by atoms with Crippen LogP contribution in [-0.2, 0) is 0 Å². The maximum absolute atomic E-state index is 5.39. The minimum Gasteiger partial charge on any atom is -0.309 e. The summed E-state index contributed by atoms with van der Waals surface area (Å²) in [6.07, 6.45) is 0. The lowest BCUT2D eigenvalue weighted by Crippen LogP contribution is -1.95. The van der Waals surface area contributed by atoms with Gasteiger partial charge < -0.3 is 4.57 Å². The normalized spacial score (nSPS) is 11.8. The molecule has 3 aromatic heterocycles. The average Bonchev–Trinajstić information content (AvgIpc) is 3.77. The second-order valence-electron chi connectivity index (χ2n) is 13.4. The molecule has 0 aliphatic heterocycles. The highest BCUT2D eigenvalue weighted by molar-refractivity contribution is 7.26. The van der Waals surface area contributed by atoms with Crippen molar-refractivity contribution in [2.24, 2.45) is 0 Å². The minimum atomic E-state index is 0.741. The van der Waals surface area contributed by atoms with E-state index in [-0.39, 0.29) is 0 Å². The number of hydrogen-bond donors (Lipinski definition) is 0. The van der Waals surface area contributed by atoms with Crippen molar-refractivity contribution < 1.29 is 0 Å². The van der Waals surface area contributed by atoms with Crippen molar-refractivity contribution >= 4 is 75.0 Å². The van der Waals surface area contributed by atoms with Crippen LogP contribution in [0.4, 0.5) is 0 Å². The third-order valence-corrected chi connectivity index (χ3v) is 11.6. The molecule has 0 N–H and O–H groups in total. The largest absolute Gasteiger partial charge is 0.309 e. The molecule has 3 nitrogen and oxygen atoms in total. The zero-order valence-electron chi connectivity index (χ0n) is 28.0. The molecule has 0 saturated heterocycles. The topological polar surface area (TPSA) is 30.7 Å². The SMILES string of the molecule is c1ccc(-c2ccc(-c3nc(-c4cc5ccccc5c5c4sc4cc(-n6c7ccccc7c7ccccc76)ccc45)nc4ccccc34)cc2)cc1. The third-order valence-electron chi connectivity index (χ3n) is 10.4. The van der Waals surface area contributed by atoms with Crippen LogP contribution in [0, 0.1) is 0 Å². The number of fused-ring (bicyclic) bond motifs is 9. The molecule has 0 fully saturated rings. The van der Waals surface area contributed by atoms with Gasteiger partial charge in [0.2, 0.25) is 0 Å². The van der Waals surface area contributed by atoms with E-state index < -0.39 is 0 Å². The Morgan fingerprint density at radius 3 is 1.83 bits per heavy atom. The van der Waals surface area contributed by atoms with Crippen LogP contribution in [0.3, 0.4) is 0 Å². The fourth-order valence-corrected chi connectivity index (χ4v) is 9.25. The summed E-state index contributed by atoms with van der Waals surface area (Å²) < 4.78 is 4.84. The smallest absolute Gasteiger partial charge is 0.161 e. The lowest BCUT2D eigenvalue weighted by Gasteiger charge is -2.12. The summed E-state index contributed by atoms with van der Waals surface area (Å²) >= 11 is 1.83. The highest BCUT2D eigenvalue weighted by atomic mass is 32.1. The molecule has 11 rings (SSSR count).